The van der Waals surface area contributed by atoms with Crippen LogP contribution in [0.2, 0.25) is 0 Å². The van der Waals surface area contributed by atoms with Crippen LogP contribution in [0.3, 0.4) is 0 Å². The van der Waals surface area contributed by atoms with Gasteiger partial charge in [0, 0.05) is 0 Å². The second-order valence-electron chi connectivity index (χ2n) is 6.09. The second kappa shape index (κ2) is 6.28. The van der Waals surface area contributed by atoms with E-state index in [1.165, 1.54) is 16.2 Å². The number of para-hydroxylation sites is 1. The summed E-state index contributed by atoms with van der Waals surface area (Å²) in [5.41, 5.74) is 1.89. The van der Waals surface area contributed by atoms with E-state index in [0.29, 0.717) is 0 Å². The number of amides is 3. The van der Waals surface area contributed by atoms with Gasteiger partial charge in [0.1, 0.15) is 17.9 Å². The third kappa shape index (κ3) is 2.78. The predicted molar refractivity (Wildman–Crippen MR) is 93.3 cm³/mol. The van der Waals surface area contributed by atoms with E-state index in [1.54, 1.807) is 6.92 Å². The minimum Gasteiger partial charge on any atom is -0.491 e. The molecule has 1 unspecified atom stereocenters. The van der Waals surface area contributed by atoms with Gasteiger partial charge in [0.25, 0.3) is 5.91 Å². The fourth-order valence-corrected chi connectivity index (χ4v) is 3.68. The summed E-state index contributed by atoms with van der Waals surface area (Å²) in [6, 6.07) is 7.41. The van der Waals surface area contributed by atoms with Crippen molar-refractivity contribution >= 4 is 23.3 Å². The van der Waals surface area contributed by atoms with E-state index in [1.807, 2.05) is 48.9 Å². The third-order valence-corrected chi connectivity index (χ3v) is 5.03. The average Bonchev–Trinajstić information content (AvgIpc) is 3.14. The lowest BCUT2D eigenvalue weighted by atomic mass is 9.95. The highest BCUT2D eigenvalue weighted by Crippen LogP contribution is 2.30. The van der Waals surface area contributed by atoms with E-state index in [4.69, 9.17) is 4.74 Å². The van der Waals surface area contributed by atoms with Gasteiger partial charge >= 0.3 is 6.03 Å². The molecule has 2 heterocycles. The normalized spacial score (nSPS) is 20.4. The largest absolute Gasteiger partial charge is 0.491 e. The summed E-state index contributed by atoms with van der Waals surface area (Å²) in [6.45, 7) is 6.18. The van der Waals surface area contributed by atoms with Gasteiger partial charge in [-0.05, 0) is 54.3 Å². The zero-order valence-electron chi connectivity index (χ0n) is 14.0. The summed E-state index contributed by atoms with van der Waals surface area (Å²) < 4.78 is 5.81. The smallest absolute Gasteiger partial charge is 0.325 e. The Morgan fingerprint density at radius 3 is 2.54 bits per heavy atom. The lowest BCUT2D eigenvalue weighted by molar-refractivity contribution is -0.131. The lowest BCUT2D eigenvalue weighted by Gasteiger charge is -2.21. The summed E-state index contributed by atoms with van der Waals surface area (Å²) in [4.78, 5) is 26.1. The molecule has 0 saturated carbocycles. The maximum atomic E-state index is 12.7. The highest BCUT2D eigenvalue weighted by atomic mass is 32.1. The Kier molecular flexibility index (Phi) is 4.32. The standard InChI is InChI=1S/C18H20N2O3S/c1-12-5-4-6-13(2)15(12)23-9-8-20-16(21)18(3,19-17(20)22)14-7-10-24-11-14/h4-7,10-11H,8-9H2,1-3H3,(H,19,22). The molecule has 1 aliphatic heterocycles. The van der Waals surface area contributed by atoms with Crippen LogP contribution >= 0.6 is 11.3 Å². The van der Waals surface area contributed by atoms with E-state index in [-0.39, 0.29) is 25.1 Å². The van der Waals surface area contributed by atoms with Crippen LogP contribution in [0.15, 0.2) is 35.0 Å². The van der Waals surface area contributed by atoms with E-state index in [9.17, 15) is 9.59 Å². The average molecular weight is 344 g/mol. The number of carbonyl (C=O) groups is 2. The molecule has 1 aliphatic rings. The molecule has 1 N–H and O–H groups in total. The molecule has 3 amide bonds. The van der Waals surface area contributed by atoms with Gasteiger partial charge in [0.2, 0.25) is 0 Å². The quantitative estimate of drug-likeness (QED) is 0.847. The number of nitrogens with one attached hydrogen (secondary N) is 1. The Labute approximate surface area is 145 Å². The number of hydrogen-bond acceptors (Lipinski definition) is 4. The first-order valence-corrected chi connectivity index (χ1v) is 8.73. The summed E-state index contributed by atoms with van der Waals surface area (Å²) in [5, 5.41) is 6.57. The zero-order chi connectivity index (χ0) is 17.3. The van der Waals surface area contributed by atoms with Crippen LogP contribution in [0.4, 0.5) is 4.79 Å². The summed E-state index contributed by atoms with van der Waals surface area (Å²) in [6.07, 6.45) is 0. The van der Waals surface area contributed by atoms with Crippen molar-refractivity contribution in [2.24, 2.45) is 0 Å². The van der Waals surface area contributed by atoms with Gasteiger partial charge in [-0.15, -0.1) is 0 Å². The number of benzene rings is 1. The van der Waals surface area contributed by atoms with Gasteiger partial charge in [-0.1, -0.05) is 18.2 Å². The fourth-order valence-electron chi connectivity index (χ4n) is 2.91. The molecule has 2 aromatic rings. The van der Waals surface area contributed by atoms with Gasteiger partial charge in [0.05, 0.1) is 6.54 Å². The minimum atomic E-state index is -0.990. The number of imide groups is 1. The molecule has 1 saturated heterocycles. The van der Waals surface area contributed by atoms with Crippen LogP contribution in [0, 0.1) is 13.8 Å². The number of aryl methyl sites for hydroxylation is 2. The van der Waals surface area contributed by atoms with E-state index in [2.05, 4.69) is 5.32 Å². The molecule has 24 heavy (non-hydrogen) atoms. The van der Waals surface area contributed by atoms with Crippen molar-refractivity contribution < 1.29 is 14.3 Å². The Hall–Kier alpha value is -2.34. The van der Waals surface area contributed by atoms with Crippen molar-refractivity contribution in [1.29, 1.82) is 0 Å². The van der Waals surface area contributed by atoms with Crippen LogP contribution in [-0.2, 0) is 10.3 Å². The maximum absolute atomic E-state index is 12.7. The topological polar surface area (TPSA) is 58.6 Å². The van der Waals surface area contributed by atoms with Gasteiger partial charge in [-0.25, -0.2) is 4.79 Å². The Morgan fingerprint density at radius 2 is 1.92 bits per heavy atom. The molecular formula is C18H20N2O3S. The molecule has 0 radical (unpaired) electrons. The number of urea groups is 1. The van der Waals surface area contributed by atoms with E-state index >= 15 is 0 Å². The molecule has 1 fully saturated rings. The highest BCUT2D eigenvalue weighted by molar-refractivity contribution is 7.08. The monoisotopic (exact) mass is 344 g/mol. The van der Waals surface area contributed by atoms with Crippen molar-refractivity contribution in [1.82, 2.24) is 10.2 Å². The molecule has 0 bridgehead atoms. The predicted octanol–water partition coefficient (Wildman–Crippen LogP) is 3.21. The van der Waals surface area contributed by atoms with Crippen molar-refractivity contribution in [3.05, 3.63) is 51.7 Å². The summed E-state index contributed by atoms with van der Waals surface area (Å²) >= 11 is 1.50. The molecule has 5 nitrogen and oxygen atoms in total. The number of rotatable bonds is 5. The van der Waals surface area contributed by atoms with Crippen molar-refractivity contribution in [3.8, 4) is 5.75 Å². The molecule has 1 atom stereocenters. The first-order chi connectivity index (χ1) is 11.4. The Balaban J connectivity index is 1.68. The van der Waals surface area contributed by atoms with Crippen molar-refractivity contribution in [3.63, 3.8) is 0 Å². The highest BCUT2D eigenvalue weighted by Gasteiger charge is 2.48. The van der Waals surface area contributed by atoms with Crippen LogP contribution in [0.1, 0.15) is 23.6 Å². The summed E-state index contributed by atoms with van der Waals surface area (Å²) in [7, 11) is 0. The van der Waals surface area contributed by atoms with Crippen LogP contribution in [0.5, 0.6) is 5.75 Å². The molecule has 1 aromatic carbocycles. The third-order valence-electron chi connectivity index (χ3n) is 4.34. The van der Waals surface area contributed by atoms with Gasteiger partial charge < -0.3 is 10.1 Å². The van der Waals surface area contributed by atoms with Crippen molar-refractivity contribution in [2.75, 3.05) is 13.2 Å². The minimum absolute atomic E-state index is 0.220. The van der Waals surface area contributed by atoms with Gasteiger partial charge in [-0.2, -0.15) is 11.3 Å². The Bertz CT molecular complexity index is 752. The first-order valence-electron chi connectivity index (χ1n) is 7.79. The number of hydrogen-bond donors (Lipinski definition) is 1. The summed E-state index contributed by atoms with van der Waals surface area (Å²) in [5.74, 6) is 0.571. The first kappa shape index (κ1) is 16.5. The Morgan fingerprint density at radius 1 is 1.21 bits per heavy atom. The number of ether oxygens (including phenoxy) is 1. The molecule has 1 aromatic heterocycles. The van der Waals surface area contributed by atoms with E-state index in [0.717, 1.165) is 22.4 Å². The fraction of sp³-hybridized carbons (Fsp3) is 0.333. The number of thiophene rings is 1. The molecule has 126 valence electrons. The molecule has 3 rings (SSSR count). The van der Waals surface area contributed by atoms with Crippen molar-refractivity contribution in [2.45, 2.75) is 26.3 Å². The number of nitrogens with zero attached hydrogens (tertiary/aromatic N) is 1. The maximum Gasteiger partial charge on any atom is 0.325 e. The van der Waals surface area contributed by atoms with Crippen LogP contribution in [-0.4, -0.2) is 30.0 Å². The van der Waals surface area contributed by atoms with E-state index < -0.39 is 5.54 Å². The van der Waals surface area contributed by atoms with Crippen LogP contribution in [0.25, 0.3) is 0 Å². The van der Waals surface area contributed by atoms with Gasteiger partial charge in [0.15, 0.2) is 0 Å². The SMILES string of the molecule is Cc1cccc(C)c1OCCN1C(=O)NC(C)(c2ccsc2)C1=O. The van der Waals surface area contributed by atoms with Crippen LogP contribution < -0.4 is 10.1 Å². The number of carbonyl (C=O) groups excluding carboxylic acids is 2. The molecule has 6 heteroatoms. The molecular weight excluding hydrogens is 324 g/mol. The van der Waals surface area contributed by atoms with Gasteiger partial charge in [-0.3, -0.25) is 9.69 Å². The zero-order valence-corrected chi connectivity index (χ0v) is 14.8. The lowest BCUT2D eigenvalue weighted by Crippen LogP contribution is -2.41. The molecule has 0 aliphatic carbocycles. The molecule has 0 spiro atoms. The second-order valence-corrected chi connectivity index (χ2v) is 6.87.